The molecule has 4 nitrogen and oxygen atoms in total. The fourth-order valence-electron chi connectivity index (χ4n) is 2.05. The van der Waals surface area contributed by atoms with E-state index in [-0.39, 0.29) is 6.79 Å². The van der Waals surface area contributed by atoms with Crippen molar-refractivity contribution in [3.05, 3.63) is 48.0 Å². The van der Waals surface area contributed by atoms with Crippen molar-refractivity contribution in [3.8, 4) is 22.6 Å². The second-order valence-corrected chi connectivity index (χ2v) is 4.35. The number of methoxy groups -OCH3 is 1. The van der Waals surface area contributed by atoms with Gasteiger partial charge in [-0.25, -0.2) is 0 Å². The van der Waals surface area contributed by atoms with Crippen LogP contribution in [0.15, 0.2) is 42.5 Å². The first-order chi connectivity index (χ1) is 10.3. The topological polar surface area (TPSA) is 44.8 Å². The number of rotatable bonds is 7. The van der Waals surface area contributed by atoms with Gasteiger partial charge in [-0.3, -0.25) is 4.79 Å². The molecule has 0 aliphatic heterocycles. The summed E-state index contributed by atoms with van der Waals surface area (Å²) in [5.41, 5.74) is 2.36. The van der Waals surface area contributed by atoms with Crippen molar-refractivity contribution in [1.29, 1.82) is 0 Å². The van der Waals surface area contributed by atoms with Crippen LogP contribution >= 0.6 is 0 Å². The Balaban J connectivity index is 2.47. The van der Waals surface area contributed by atoms with Gasteiger partial charge in [-0.2, -0.15) is 0 Å². The van der Waals surface area contributed by atoms with Gasteiger partial charge in [0.1, 0.15) is 17.8 Å². The van der Waals surface area contributed by atoms with Crippen molar-refractivity contribution in [1.82, 2.24) is 0 Å². The molecule has 0 aliphatic rings. The Bertz CT molecular complexity index is 607. The normalized spacial score (nSPS) is 10.2. The van der Waals surface area contributed by atoms with Crippen LogP contribution in [0.4, 0.5) is 0 Å². The zero-order valence-electron chi connectivity index (χ0n) is 12.2. The predicted molar refractivity (Wildman–Crippen MR) is 80.9 cm³/mol. The van der Waals surface area contributed by atoms with Crippen LogP contribution in [0.5, 0.6) is 11.5 Å². The van der Waals surface area contributed by atoms with Gasteiger partial charge in [0.05, 0.1) is 6.61 Å². The molecule has 2 aromatic carbocycles. The minimum atomic E-state index is 0.174. The van der Waals surface area contributed by atoms with Gasteiger partial charge < -0.3 is 14.2 Å². The van der Waals surface area contributed by atoms with Gasteiger partial charge in [0.2, 0.25) is 0 Å². The third kappa shape index (κ3) is 3.61. The van der Waals surface area contributed by atoms with E-state index in [0.717, 1.165) is 17.4 Å². The Morgan fingerprint density at radius 1 is 1.00 bits per heavy atom. The molecule has 0 bridgehead atoms. The van der Waals surface area contributed by atoms with Crippen molar-refractivity contribution in [2.75, 3.05) is 20.5 Å². The standard InChI is InChI=1S/C17H18O4/c1-3-20-17-10-13(11-18)8-9-15(17)14-6-4-5-7-16(14)21-12-19-2/h4-11H,3,12H2,1-2H3. The van der Waals surface area contributed by atoms with Crippen molar-refractivity contribution >= 4 is 6.29 Å². The van der Waals surface area contributed by atoms with Crippen molar-refractivity contribution < 1.29 is 19.0 Å². The van der Waals surface area contributed by atoms with E-state index in [9.17, 15) is 4.79 Å². The lowest BCUT2D eigenvalue weighted by Crippen LogP contribution is -2.01. The van der Waals surface area contributed by atoms with Gasteiger partial charge in [-0.15, -0.1) is 0 Å². The van der Waals surface area contributed by atoms with E-state index < -0.39 is 0 Å². The van der Waals surface area contributed by atoms with Gasteiger partial charge in [0.25, 0.3) is 0 Å². The van der Waals surface area contributed by atoms with Gasteiger partial charge in [0.15, 0.2) is 6.79 Å². The maximum absolute atomic E-state index is 10.9. The molecule has 21 heavy (non-hydrogen) atoms. The van der Waals surface area contributed by atoms with E-state index in [1.165, 1.54) is 0 Å². The Hall–Kier alpha value is -2.33. The number of ether oxygens (including phenoxy) is 3. The second-order valence-electron chi connectivity index (χ2n) is 4.35. The number of carbonyl (C=O) groups excluding carboxylic acids is 1. The Labute approximate surface area is 124 Å². The summed E-state index contributed by atoms with van der Waals surface area (Å²) in [5.74, 6) is 1.37. The minimum Gasteiger partial charge on any atom is -0.493 e. The van der Waals surface area contributed by atoms with Crippen molar-refractivity contribution in [2.45, 2.75) is 6.92 Å². The number of para-hydroxylation sites is 1. The lowest BCUT2D eigenvalue weighted by Gasteiger charge is -2.14. The summed E-state index contributed by atoms with van der Waals surface area (Å²) >= 11 is 0. The maximum atomic E-state index is 10.9. The quantitative estimate of drug-likeness (QED) is 0.577. The smallest absolute Gasteiger partial charge is 0.188 e. The predicted octanol–water partition coefficient (Wildman–Crippen LogP) is 3.55. The molecule has 2 rings (SSSR count). The molecule has 0 heterocycles. The molecular formula is C17H18O4. The van der Waals surface area contributed by atoms with Crippen LogP contribution in [0.25, 0.3) is 11.1 Å². The van der Waals surface area contributed by atoms with E-state index in [0.29, 0.717) is 23.7 Å². The Morgan fingerprint density at radius 2 is 1.76 bits per heavy atom. The minimum absolute atomic E-state index is 0.174. The molecule has 0 N–H and O–H groups in total. The van der Waals surface area contributed by atoms with Gasteiger partial charge in [0, 0.05) is 23.8 Å². The summed E-state index contributed by atoms with van der Waals surface area (Å²) in [6.45, 7) is 2.61. The van der Waals surface area contributed by atoms with Crippen molar-refractivity contribution in [3.63, 3.8) is 0 Å². The molecule has 0 saturated heterocycles. The lowest BCUT2D eigenvalue weighted by molar-refractivity contribution is 0.0515. The lowest BCUT2D eigenvalue weighted by atomic mass is 10.0. The molecule has 110 valence electrons. The number of benzene rings is 2. The van der Waals surface area contributed by atoms with E-state index in [2.05, 4.69) is 0 Å². The summed E-state index contributed by atoms with van der Waals surface area (Å²) in [6, 6.07) is 13.0. The van der Waals surface area contributed by atoms with Gasteiger partial charge in [-0.1, -0.05) is 24.3 Å². The van der Waals surface area contributed by atoms with E-state index in [4.69, 9.17) is 14.2 Å². The van der Waals surface area contributed by atoms with Crippen LogP contribution in [-0.4, -0.2) is 26.8 Å². The van der Waals surface area contributed by atoms with Crippen LogP contribution in [0.2, 0.25) is 0 Å². The van der Waals surface area contributed by atoms with E-state index >= 15 is 0 Å². The molecule has 0 spiro atoms. The maximum Gasteiger partial charge on any atom is 0.188 e. The molecule has 0 amide bonds. The SMILES string of the molecule is CCOc1cc(C=O)ccc1-c1ccccc1OCOC. The Morgan fingerprint density at radius 3 is 2.48 bits per heavy atom. The highest BCUT2D eigenvalue weighted by Gasteiger charge is 2.12. The summed E-state index contributed by atoms with van der Waals surface area (Å²) in [4.78, 5) is 10.9. The molecule has 0 atom stereocenters. The monoisotopic (exact) mass is 286 g/mol. The highest BCUT2D eigenvalue weighted by atomic mass is 16.7. The van der Waals surface area contributed by atoms with Gasteiger partial charge >= 0.3 is 0 Å². The summed E-state index contributed by atoms with van der Waals surface area (Å²) in [7, 11) is 1.58. The number of carbonyl (C=O) groups is 1. The molecule has 4 heteroatoms. The molecule has 0 aromatic heterocycles. The average molecular weight is 286 g/mol. The highest BCUT2D eigenvalue weighted by molar-refractivity contribution is 5.82. The number of hydrogen-bond donors (Lipinski definition) is 0. The fraction of sp³-hybridized carbons (Fsp3) is 0.235. The fourth-order valence-corrected chi connectivity index (χ4v) is 2.05. The first-order valence-electron chi connectivity index (χ1n) is 6.73. The third-order valence-corrected chi connectivity index (χ3v) is 2.95. The van der Waals surface area contributed by atoms with E-state index in [1.54, 1.807) is 19.2 Å². The highest BCUT2D eigenvalue weighted by Crippen LogP contribution is 2.36. The molecular weight excluding hydrogens is 268 g/mol. The number of hydrogen-bond acceptors (Lipinski definition) is 4. The summed E-state index contributed by atoms with van der Waals surface area (Å²) < 4.78 is 16.2. The molecule has 2 aromatic rings. The van der Waals surface area contributed by atoms with Crippen LogP contribution in [-0.2, 0) is 4.74 Å². The first kappa shape index (κ1) is 15.1. The summed E-state index contributed by atoms with van der Waals surface area (Å²) in [6.07, 6.45) is 0.805. The second kappa shape index (κ2) is 7.45. The molecule has 0 unspecified atom stereocenters. The van der Waals surface area contributed by atoms with Crippen LogP contribution in [0, 0.1) is 0 Å². The van der Waals surface area contributed by atoms with Crippen LogP contribution in [0.3, 0.4) is 0 Å². The van der Waals surface area contributed by atoms with Gasteiger partial charge in [-0.05, 0) is 25.1 Å². The first-order valence-corrected chi connectivity index (χ1v) is 6.73. The zero-order chi connectivity index (χ0) is 15.1. The number of aldehydes is 1. The molecule has 0 saturated carbocycles. The Kier molecular flexibility index (Phi) is 5.35. The summed E-state index contributed by atoms with van der Waals surface area (Å²) in [5, 5.41) is 0. The van der Waals surface area contributed by atoms with Crippen LogP contribution in [0.1, 0.15) is 17.3 Å². The zero-order valence-corrected chi connectivity index (χ0v) is 12.2. The van der Waals surface area contributed by atoms with Crippen LogP contribution < -0.4 is 9.47 Å². The third-order valence-electron chi connectivity index (χ3n) is 2.95. The van der Waals surface area contributed by atoms with E-state index in [1.807, 2.05) is 37.3 Å². The molecule has 0 radical (unpaired) electrons. The van der Waals surface area contributed by atoms with Crippen molar-refractivity contribution in [2.24, 2.45) is 0 Å². The molecule has 0 fully saturated rings. The largest absolute Gasteiger partial charge is 0.493 e. The average Bonchev–Trinajstić information content (AvgIpc) is 2.53. The molecule has 0 aliphatic carbocycles.